The molecule has 5 rings (SSSR count). The minimum Gasteiger partial charge on any atom is -0.338 e. The van der Waals surface area contributed by atoms with Crippen LogP contribution in [0.2, 0.25) is 0 Å². The van der Waals surface area contributed by atoms with Crippen molar-refractivity contribution in [2.24, 2.45) is 0 Å². The molecule has 7 nitrogen and oxygen atoms in total. The number of nitrogens with zero attached hydrogens (tertiary/aromatic N) is 4. The Kier molecular flexibility index (Phi) is 4.25. The Morgan fingerprint density at radius 2 is 1.83 bits per heavy atom. The zero-order valence-corrected chi connectivity index (χ0v) is 17.5. The third-order valence-corrected chi connectivity index (χ3v) is 8.39. The monoisotopic (exact) mass is 428 g/mol. The second kappa shape index (κ2) is 6.70. The molecule has 9 heteroatoms. The van der Waals surface area contributed by atoms with Crippen molar-refractivity contribution < 1.29 is 13.2 Å². The highest BCUT2D eigenvalue weighted by molar-refractivity contribution is 7.94. The van der Waals surface area contributed by atoms with Crippen molar-refractivity contribution in [1.82, 2.24) is 9.88 Å². The van der Waals surface area contributed by atoms with Crippen LogP contribution in [-0.2, 0) is 10.2 Å². The molecule has 0 saturated carbocycles. The van der Waals surface area contributed by atoms with Gasteiger partial charge in [-0.1, -0.05) is 12.1 Å². The van der Waals surface area contributed by atoms with Gasteiger partial charge in [-0.3, -0.25) is 9.10 Å². The fraction of sp³-hybridized carbons (Fsp3) is 0.300. The van der Waals surface area contributed by atoms with Gasteiger partial charge < -0.3 is 4.90 Å². The summed E-state index contributed by atoms with van der Waals surface area (Å²) in [6.45, 7) is 1.06. The largest absolute Gasteiger partial charge is 0.338 e. The smallest absolute Gasteiger partial charge is 0.326 e. The highest BCUT2D eigenvalue weighted by atomic mass is 32.2. The molecule has 0 atom stereocenters. The molecule has 1 amide bonds. The number of rotatable bonds is 2. The van der Waals surface area contributed by atoms with E-state index in [0.717, 1.165) is 15.9 Å². The third kappa shape index (κ3) is 2.87. The molecule has 1 fully saturated rings. The zero-order valence-electron chi connectivity index (χ0n) is 15.9. The Hall–Kier alpha value is -2.65. The molecule has 3 aromatic rings. The van der Waals surface area contributed by atoms with E-state index in [-0.39, 0.29) is 11.9 Å². The first-order chi connectivity index (χ1) is 14.0. The van der Waals surface area contributed by atoms with Crippen LogP contribution in [0.3, 0.4) is 0 Å². The number of hydrogen-bond donors (Lipinski definition) is 0. The summed E-state index contributed by atoms with van der Waals surface area (Å²) in [5.74, 6) is -0.0134. The number of amides is 1. The molecule has 0 aliphatic carbocycles. The molecule has 1 saturated heterocycles. The van der Waals surface area contributed by atoms with E-state index in [9.17, 15) is 13.2 Å². The quantitative estimate of drug-likeness (QED) is 0.629. The minimum atomic E-state index is -3.57. The molecular formula is C20H20N4O3S2. The molecule has 0 N–H and O–H groups in total. The molecule has 150 valence electrons. The normalized spacial score (nSPS) is 19.0. The number of hydrogen-bond acceptors (Lipinski definition) is 5. The molecule has 0 bridgehead atoms. The summed E-state index contributed by atoms with van der Waals surface area (Å²) < 4.78 is 29.8. The van der Waals surface area contributed by atoms with Gasteiger partial charge in [0.05, 0.1) is 33.1 Å². The van der Waals surface area contributed by atoms with Gasteiger partial charge in [-0.05, 0) is 43.2 Å². The molecule has 2 aliphatic rings. The Morgan fingerprint density at radius 3 is 2.59 bits per heavy atom. The summed E-state index contributed by atoms with van der Waals surface area (Å²) in [5, 5.41) is 0. The summed E-state index contributed by atoms with van der Waals surface area (Å²) >= 11 is 1.52. The predicted molar refractivity (Wildman–Crippen MR) is 115 cm³/mol. The molecule has 2 aromatic carbocycles. The first kappa shape index (κ1) is 18.4. The maximum Gasteiger partial charge on any atom is 0.326 e. The van der Waals surface area contributed by atoms with Crippen molar-refractivity contribution in [1.29, 1.82) is 0 Å². The zero-order chi connectivity index (χ0) is 20.2. The lowest BCUT2D eigenvalue weighted by Gasteiger charge is -2.36. The average Bonchev–Trinajstić information content (AvgIpc) is 3.28. The number of fused-ring (bicyclic) bond motifs is 2. The third-order valence-electron chi connectivity index (χ3n) is 5.71. The van der Waals surface area contributed by atoms with Gasteiger partial charge in [0.15, 0.2) is 0 Å². The number of carbonyl (C=O) groups is 1. The standard InChI is InChI=1S/C20H20N4O3S2/c1-22-17-4-2-3-5-18(17)24(29(22,26)27)15-8-10-23(11-9-15)20(25)14-6-7-16-19(12-14)28-13-21-16/h2-7,12-13,15H,8-11H2,1H3. The lowest BCUT2D eigenvalue weighted by molar-refractivity contribution is 0.0716. The lowest BCUT2D eigenvalue weighted by Crippen LogP contribution is -2.49. The molecule has 1 aromatic heterocycles. The summed E-state index contributed by atoms with van der Waals surface area (Å²) in [5.41, 5.74) is 4.74. The van der Waals surface area contributed by atoms with Gasteiger partial charge in [-0.2, -0.15) is 8.42 Å². The maximum atomic E-state index is 13.0. The number of benzene rings is 2. The number of likely N-dealkylation sites (tertiary alicyclic amines) is 1. The fourth-order valence-corrected chi connectivity index (χ4v) is 6.53. The summed E-state index contributed by atoms with van der Waals surface area (Å²) in [6, 6.07) is 12.8. The van der Waals surface area contributed by atoms with E-state index in [0.29, 0.717) is 37.2 Å². The highest BCUT2D eigenvalue weighted by Gasteiger charge is 2.43. The van der Waals surface area contributed by atoms with E-state index >= 15 is 0 Å². The molecule has 2 aliphatic heterocycles. The van der Waals surface area contributed by atoms with Crippen LogP contribution >= 0.6 is 11.3 Å². The van der Waals surface area contributed by atoms with Crippen LogP contribution in [0.1, 0.15) is 23.2 Å². The Labute approximate surface area is 173 Å². The second-order valence-electron chi connectivity index (χ2n) is 7.32. The van der Waals surface area contributed by atoms with E-state index in [2.05, 4.69) is 4.98 Å². The van der Waals surface area contributed by atoms with Crippen molar-refractivity contribution in [3.05, 3.63) is 53.5 Å². The molecule has 0 radical (unpaired) electrons. The minimum absolute atomic E-state index is 0.0134. The molecular weight excluding hydrogens is 408 g/mol. The van der Waals surface area contributed by atoms with Gasteiger partial charge in [-0.15, -0.1) is 11.3 Å². The van der Waals surface area contributed by atoms with Gasteiger partial charge in [-0.25, -0.2) is 9.29 Å². The van der Waals surface area contributed by atoms with Crippen molar-refractivity contribution >= 4 is 49.0 Å². The van der Waals surface area contributed by atoms with Gasteiger partial charge >= 0.3 is 10.2 Å². The number of anilines is 2. The van der Waals surface area contributed by atoms with Crippen LogP contribution in [0.4, 0.5) is 11.4 Å². The molecule has 0 unspecified atom stereocenters. The summed E-state index contributed by atoms with van der Waals surface area (Å²) in [7, 11) is -1.99. The van der Waals surface area contributed by atoms with Crippen LogP contribution in [-0.4, -0.2) is 50.4 Å². The highest BCUT2D eigenvalue weighted by Crippen LogP contribution is 2.42. The molecule has 0 spiro atoms. The van der Waals surface area contributed by atoms with Crippen molar-refractivity contribution in [3.63, 3.8) is 0 Å². The van der Waals surface area contributed by atoms with Gasteiger partial charge in [0.2, 0.25) is 0 Å². The number of para-hydroxylation sites is 2. The predicted octanol–water partition coefficient (Wildman–Crippen LogP) is 3.10. The lowest BCUT2D eigenvalue weighted by atomic mass is 10.0. The first-order valence-electron chi connectivity index (χ1n) is 9.46. The summed E-state index contributed by atoms with van der Waals surface area (Å²) in [4.78, 5) is 19.0. The molecule has 3 heterocycles. The van der Waals surface area contributed by atoms with E-state index in [4.69, 9.17) is 0 Å². The van der Waals surface area contributed by atoms with Gasteiger partial charge in [0, 0.05) is 25.7 Å². The second-order valence-corrected chi connectivity index (χ2v) is 10.0. The van der Waals surface area contributed by atoms with Gasteiger partial charge in [0.1, 0.15) is 0 Å². The van der Waals surface area contributed by atoms with E-state index in [1.165, 1.54) is 19.9 Å². The number of aromatic nitrogens is 1. The van der Waals surface area contributed by atoms with E-state index < -0.39 is 10.2 Å². The number of thiazole rings is 1. The Bertz CT molecular complexity index is 1200. The van der Waals surface area contributed by atoms with Crippen LogP contribution in [0, 0.1) is 0 Å². The SMILES string of the molecule is CN1c2ccccc2N(C2CCN(C(=O)c3ccc4ncsc4c3)CC2)S1(=O)=O. The van der Waals surface area contributed by atoms with Crippen molar-refractivity contribution in [2.75, 3.05) is 28.7 Å². The van der Waals surface area contributed by atoms with Gasteiger partial charge in [0.25, 0.3) is 5.91 Å². The topological polar surface area (TPSA) is 73.8 Å². The maximum absolute atomic E-state index is 13.0. The van der Waals surface area contributed by atoms with E-state index in [1.54, 1.807) is 12.6 Å². The molecule has 29 heavy (non-hydrogen) atoms. The average molecular weight is 429 g/mol. The Morgan fingerprint density at radius 1 is 1.10 bits per heavy atom. The first-order valence-corrected chi connectivity index (χ1v) is 11.7. The van der Waals surface area contributed by atoms with Crippen LogP contribution in [0.15, 0.2) is 48.0 Å². The van der Waals surface area contributed by atoms with Crippen molar-refractivity contribution in [2.45, 2.75) is 18.9 Å². The van der Waals surface area contributed by atoms with E-state index in [1.807, 2.05) is 47.4 Å². The van der Waals surface area contributed by atoms with Crippen molar-refractivity contribution in [3.8, 4) is 0 Å². The Balaban J connectivity index is 1.34. The van der Waals surface area contributed by atoms with Crippen LogP contribution in [0.25, 0.3) is 10.2 Å². The van der Waals surface area contributed by atoms with Crippen LogP contribution < -0.4 is 8.61 Å². The summed E-state index contributed by atoms with van der Waals surface area (Å²) in [6.07, 6.45) is 1.21. The number of piperidine rings is 1. The number of carbonyl (C=O) groups excluding carboxylic acids is 1. The van der Waals surface area contributed by atoms with Crippen LogP contribution in [0.5, 0.6) is 0 Å². The fourth-order valence-electron chi connectivity index (χ4n) is 4.16.